The van der Waals surface area contributed by atoms with Crippen molar-refractivity contribution >= 4 is 28.3 Å². The number of hydrogen-bond donors (Lipinski definition) is 0. The van der Waals surface area contributed by atoms with Crippen LogP contribution < -0.4 is 5.55 Å². The zero-order chi connectivity index (χ0) is 15.6. The molecular weight excluding hydrogens is 397 g/mol. The van der Waals surface area contributed by atoms with Crippen molar-refractivity contribution in [3.05, 3.63) is 80.9 Å². The predicted octanol–water partition coefficient (Wildman–Crippen LogP) is 5.27. The number of para-hydroxylation sites is 1. The molecule has 1 aliphatic rings. The molecule has 1 aliphatic carbocycles. The molecule has 23 heavy (non-hydrogen) atoms. The second kappa shape index (κ2) is 6.32. The van der Waals surface area contributed by atoms with Gasteiger partial charge in [0.25, 0.3) is 0 Å². The molecule has 0 amide bonds. The minimum Gasteiger partial charge on any atom is -0.437 e. The minimum absolute atomic E-state index is 0.767. The summed E-state index contributed by atoms with van der Waals surface area (Å²) in [7, 11) is 0. The van der Waals surface area contributed by atoms with E-state index in [2.05, 4.69) is 34.7 Å². The second-order valence-corrected chi connectivity index (χ2v) is 6.75. The van der Waals surface area contributed by atoms with Gasteiger partial charge in [0.15, 0.2) is 0 Å². The average Bonchev–Trinajstić information content (AvgIpc) is 3.10. The van der Waals surface area contributed by atoms with Gasteiger partial charge in [0.2, 0.25) is 5.55 Å². The smallest absolute Gasteiger partial charge is 0.223 e. The highest BCUT2D eigenvalue weighted by Gasteiger charge is 2.21. The summed E-state index contributed by atoms with van der Waals surface area (Å²) in [4.78, 5) is 4.77. The second-order valence-electron chi connectivity index (χ2n) is 5.67. The Labute approximate surface area is 149 Å². The lowest BCUT2D eigenvalue weighted by Crippen LogP contribution is -2.11. The number of benzene rings is 2. The molecule has 114 valence electrons. The number of halogens is 1. The number of rotatable bonds is 2. The van der Waals surface area contributed by atoms with Crippen LogP contribution in [-0.2, 0) is 12.8 Å². The van der Waals surface area contributed by atoms with Crippen LogP contribution in [0.5, 0.6) is 0 Å². The van der Waals surface area contributed by atoms with E-state index in [1.54, 1.807) is 0 Å². The maximum atomic E-state index is 6.27. The summed E-state index contributed by atoms with van der Waals surface area (Å²) < 4.78 is 7.50. The predicted molar refractivity (Wildman–Crippen MR) is 101 cm³/mol. The third-order valence-electron chi connectivity index (χ3n) is 4.16. The molecule has 1 aromatic heterocycles. The molecule has 3 aromatic rings. The van der Waals surface area contributed by atoms with Gasteiger partial charge < -0.3 is 4.42 Å². The quantitative estimate of drug-likeness (QED) is 0.526. The van der Waals surface area contributed by atoms with Crippen LogP contribution in [0.2, 0.25) is 0 Å². The van der Waals surface area contributed by atoms with Gasteiger partial charge in [-0.2, -0.15) is 0 Å². The van der Waals surface area contributed by atoms with Crippen LogP contribution in [-0.4, -0.2) is 0 Å². The first-order valence-corrected chi connectivity index (χ1v) is 8.90. The van der Waals surface area contributed by atoms with E-state index >= 15 is 0 Å². The van der Waals surface area contributed by atoms with Crippen LogP contribution in [0.3, 0.4) is 0 Å². The van der Waals surface area contributed by atoms with Crippen LogP contribution in [0.4, 0.5) is 5.69 Å². The first-order chi connectivity index (χ1) is 11.3. The third-order valence-corrected chi connectivity index (χ3v) is 5.30. The molecule has 0 aliphatic heterocycles. The van der Waals surface area contributed by atoms with Crippen molar-refractivity contribution in [1.29, 1.82) is 0 Å². The minimum atomic E-state index is 0.767. The third kappa shape index (κ3) is 2.85. The lowest BCUT2D eigenvalue weighted by molar-refractivity contribution is 0.500. The molecule has 3 heteroatoms. The van der Waals surface area contributed by atoms with Crippen molar-refractivity contribution in [2.75, 3.05) is 0 Å². The zero-order valence-electron chi connectivity index (χ0n) is 12.6. The SMILES string of the molecule is Ic1c(-c2ccccc2)oc(=Nc2ccccc2)c2c1CCC2. The molecule has 0 radical (unpaired) electrons. The fraction of sp³-hybridized carbons (Fsp3) is 0.150. The van der Waals surface area contributed by atoms with Crippen molar-refractivity contribution in [3.63, 3.8) is 0 Å². The van der Waals surface area contributed by atoms with Gasteiger partial charge in [-0.15, -0.1) is 0 Å². The number of hydrogen-bond acceptors (Lipinski definition) is 2. The molecule has 0 fully saturated rings. The summed E-state index contributed by atoms with van der Waals surface area (Å²) in [5.74, 6) is 0.932. The average molecular weight is 413 g/mol. The van der Waals surface area contributed by atoms with E-state index in [-0.39, 0.29) is 0 Å². The van der Waals surface area contributed by atoms with Gasteiger partial charge in [0.1, 0.15) is 5.76 Å². The van der Waals surface area contributed by atoms with Gasteiger partial charge in [-0.25, -0.2) is 4.99 Å². The largest absolute Gasteiger partial charge is 0.437 e. The van der Waals surface area contributed by atoms with E-state index in [0.29, 0.717) is 0 Å². The Morgan fingerprint density at radius 3 is 2.22 bits per heavy atom. The van der Waals surface area contributed by atoms with Gasteiger partial charge in [0, 0.05) is 11.1 Å². The molecule has 0 spiro atoms. The summed E-state index contributed by atoms with van der Waals surface area (Å²) in [6.45, 7) is 0. The van der Waals surface area contributed by atoms with E-state index in [1.807, 2.05) is 48.5 Å². The molecular formula is C20H16INO. The van der Waals surface area contributed by atoms with Crippen molar-refractivity contribution in [2.24, 2.45) is 4.99 Å². The van der Waals surface area contributed by atoms with E-state index in [1.165, 1.54) is 21.1 Å². The highest BCUT2D eigenvalue weighted by molar-refractivity contribution is 14.1. The molecule has 0 N–H and O–H groups in total. The highest BCUT2D eigenvalue weighted by Crippen LogP contribution is 2.32. The van der Waals surface area contributed by atoms with Crippen molar-refractivity contribution in [2.45, 2.75) is 19.3 Å². The standard InChI is InChI=1S/C20H16INO/c21-18-16-12-7-13-17(16)20(22-15-10-5-2-6-11-15)23-19(18)14-8-3-1-4-9-14/h1-6,8-11H,7,12-13H2. The topological polar surface area (TPSA) is 25.5 Å². The zero-order valence-corrected chi connectivity index (χ0v) is 14.8. The first kappa shape index (κ1) is 14.7. The van der Waals surface area contributed by atoms with Gasteiger partial charge in [-0.1, -0.05) is 48.5 Å². The Balaban J connectivity index is 1.97. The molecule has 2 nitrogen and oxygen atoms in total. The van der Waals surface area contributed by atoms with E-state index < -0.39 is 0 Å². The summed E-state index contributed by atoms with van der Waals surface area (Å²) in [5, 5.41) is 0. The van der Waals surface area contributed by atoms with Crippen LogP contribution in [0.1, 0.15) is 17.5 Å². The summed E-state index contributed by atoms with van der Waals surface area (Å²) in [5.41, 5.74) is 5.49. The number of nitrogens with zero attached hydrogens (tertiary/aromatic N) is 1. The van der Waals surface area contributed by atoms with E-state index in [9.17, 15) is 0 Å². The molecule has 0 saturated heterocycles. The van der Waals surface area contributed by atoms with E-state index in [4.69, 9.17) is 9.41 Å². The Kier molecular flexibility index (Phi) is 4.04. The van der Waals surface area contributed by atoms with E-state index in [0.717, 1.165) is 35.4 Å². The first-order valence-electron chi connectivity index (χ1n) is 7.82. The van der Waals surface area contributed by atoms with Gasteiger partial charge in [-0.05, 0) is 59.5 Å². The van der Waals surface area contributed by atoms with Gasteiger partial charge in [0.05, 0.1) is 9.26 Å². The van der Waals surface area contributed by atoms with Crippen molar-refractivity contribution in [1.82, 2.24) is 0 Å². The lowest BCUT2D eigenvalue weighted by atomic mass is 10.1. The fourth-order valence-corrected chi connectivity index (χ4v) is 4.06. The molecule has 1 heterocycles. The summed E-state index contributed by atoms with van der Waals surface area (Å²) in [6, 6.07) is 20.3. The van der Waals surface area contributed by atoms with Crippen molar-refractivity contribution in [3.8, 4) is 11.3 Å². The Morgan fingerprint density at radius 1 is 0.826 bits per heavy atom. The Hall–Kier alpha value is -1.88. The highest BCUT2D eigenvalue weighted by atomic mass is 127. The Bertz CT molecular complexity index is 898. The number of fused-ring (bicyclic) bond motifs is 1. The molecule has 0 saturated carbocycles. The monoisotopic (exact) mass is 413 g/mol. The maximum Gasteiger partial charge on any atom is 0.223 e. The van der Waals surface area contributed by atoms with Crippen LogP contribution in [0.25, 0.3) is 11.3 Å². The lowest BCUT2D eigenvalue weighted by Gasteiger charge is -2.09. The van der Waals surface area contributed by atoms with Crippen LogP contribution >= 0.6 is 22.6 Å². The Morgan fingerprint density at radius 2 is 1.48 bits per heavy atom. The van der Waals surface area contributed by atoms with Crippen LogP contribution in [0, 0.1) is 3.57 Å². The fourth-order valence-electron chi connectivity index (χ4n) is 3.05. The maximum absolute atomic E-state index is 6.27. The van der Waals surface area contributed by atoms with Gasteiger partial charge >= 0.3 is 0 Å². The molecule has 0 atom stereocenters. The molecule has 2 aromatic carbocycles. The molecule has 0 unspecified atom stereocenters. The summed E-state index contributed by atoms with van der Waals surface area (Å²) >= 11 is 2.42. The normalized spacial score (nSPS) is 14.0. The molecule has 0 bridgehead atoms. The van der Waals surface area contributed by atoms with Gasteiger partial charge in [-0.3, -0.25) is 0 Å². The molecule has 4 rings (SSSR count). The van der Waals surface area contributed by atoms with Crippen molar-refractivity contribution < 1.29 is 4.42 Å². The van der Waals surface area contributed by atoms with Crippen LogP contribution in [0.15, 0.2) is 70.1 Å². The summed E-state index contributed by atoms with van der Waals surface area (Å²) in [6.07, 6.45) is 3.34.